The highest BCUT2D eigenvalue weighted by Gasteiger charge is 2.35. The van der Waals surface area contributed by atoms with Crippen molar-refractivity contribution >= 4 is 11.8 Å². The molecule has 5 nitrogen and oxygen atoms in total. The molecule has 1 heterocycles. The molecule has 5 heteroatoms. The van der Waals surface area contributed by atoms with Crippen LogP contribution in [0.25, 0.3) is 0 Å². The average molecular weight is 227 g/mol. The van der Waals surface area contributed by atoms with Gasteiger partial charge in [-0.1, -0.05) is 6.92 Å². The second-order valence-corrected chi connectivity index (χ2v) is 4.00. The van der Waals surface area contributed by atoms with Crippen LogP contribution in [0, 0.1) is 0 Å². The van der Waals surface area contributed by atoms with Crippen LogP contribution in [0.15, 0.2) is 0 Å². The van der Waals surface area contributed by atoms with E-state index in [-0.39, 0.29) is 23.9 Å². The maximum atomic E-state index is 11.9. The maximum Gasteiger partial charge on any atom is 0.242 e. The van der Waals surface area contributed by atoms with Crippen molar-refractivity contribution in [3.63, 3.8) is 0 Å². The fourth-order valence-electron chi connectivity index (χ4n) is 1.99. The van der Waals surface area contributed by atoms with Crippen LogP contribution < -0.4 is 10.6 Å². The van der Waals surface area contributed by atoms with Crippen molar-refractivity contribution in [1.82, 2.24) is 15.5 Å². The van der Waals surface area contributed by atoms with Gasteiger partial charge >= 0.3 is 0 Å². The number of carbonyl (C=O) groups is 2. The lowest BCUT2D eigenvalue weighted by molar-refractivity contribution is -0.137. The van der Waals surface area contributed by atoms with Crippen molar-refractivity contribution in [2.75, 3.05) is 19.6 Å². The summed E-state index contributed by atoms with van der Waals surface area (Å²) in [6, 6.07) is -0.474. The highest BCUT2D eigenvalue weighted by molar-refractivity contribution is 5.90. The normalized spacial score (nSPS) is 22.3. The molecule has 0 aliphatic carbocycles. The molecule has 2 N–H and O–H groups in total. The van der Waals surface area contributed by atoms with E-state index >= 15 is 0 Å². The smallest absolute Gasteiger partial charge is 0.242 e. The lowest BCUT2D eigenvalue weighted by Crippen LogP contribution is -2.48. The second kappa shape index (κ2) is 5.84. The van der Waals surface area contributed by atoms with Crippen molar-refractivity contribution in [1.29, 1.82) is 0 Å². The minimum absolute atomic E-state index is 0.0422. The summed E-state index contributed by atoms with van der Waals surface area (Å²) in [6.45, 7) is 7.66. The van der Waals surface area contributed by atoms with Gasteiger partial charge in [0.1, 0.15) is 6.04 Å². The van der Waals surface area contributed by atoms with Crippen molar-refractivity contribution in [2.45, 2.75) is 39.3 Å². The van der Waals surface area contributed by atoms with Gasteiger partial charge in [-0.3, -0.25) is 9.59 Å². The Balaban J connectivity index is 2.55. The summed E-state index contributed by atoms with van der Waals surface area (Å²) < 4.78 is 0. The fourth-order valence-corrected chi connectivity index (χ4v) is 1.99. The quantitative estimate of drug-likeness (QED) is 0.679. The number of nitrogens with one attached hydrogen (secondary N) is 2. The molecule has 16 heavy (non-hydrogen) atoms. The summed E-state index contributed by atoms with van der Waals surface area (Å²) in [5, 5.41) is 5.86. The molecule has 1 aliphatic rings. The largest absolute Gasteiger partial charge is 0.355 e. The monoisotopic (exact) mass is 227 g/mol. The van der Waals surface area contributed by atoms with Crippen LogP contribution in [0.2, 0.25) is 0 Å². The molecule has 0 aromatic carbocycles. The van der Waals surface area contributed by atoms with Crippen LogP contribution in [0.3, 0.4) is 0 Å². The fraction of sp³-hybridized carbons (Fsp3) is 0.818. The van der Waals surface area contributed by atoms with E-state index in [1.165, 1.54) is 0 Å². The first kappa shape index (κ1) is 13.0. The van der Waals surface area contributed by atoms with E-state index in [4.69, 9.17) is 0 Å². The molecule has 0 aromatic rings. The average Bonchev–Trinajstić information content (AvgIpc) is 2.61. The Hall–Kier alpha value is -1.10. The molecule has 0 spiro atoms. The molecule has 1 rings (SSSR count). The molecule has 1 fully saturated rings. The SMILES string of the molecule is CCNC(=O)C(C)N1CCC(NCC)C1=O. The molecule has 92 valence electrons. The van der Waals surface area contributed by atoms with Gasteiger partial charge in [0.25, 0.3) is 0 Å². The van der Waals surface area contributed by atoms with Gasteiger partial charge in [0.2, 0.25) is 11.8 Å². The zero-order valence-electron chi connectivity index (χ0n) is 10.2. The van der Waals surface area contributed by atoms with Crippen LogP contribution >= 0.6 is 0 Å². The van der Waals surface area contributed by atoms with Crippen LogP contribution in [0.4, 0.5) is 0 Å². The number of likely N-dealkylation sites (N-methyl/N-ethyl adjacent to an activating group) is 2. The maximum absolute atomic E-state index is 11.9. The van der Waals surface area contributed by atoms with Gasteiger partial charge in [-0.2, -0.15) is 0 Å². The number of hydrogen-bond donors (Lipinski definition) is 2. The number of amides is 2. The third kappa shape index (κ3) is 2.72. The van der Waals surface area contributed by atoms with E-state index in [0.29, 0.717) is 13.1 Å². The number of rotatable bonds is 5. The summed E-state index contributed by atoms with van der Waals surface area (Å²) in [5.41, 5.74) is 0. The molecule has 0 radical (unpaired) electrons. The molecule has 1 aliphatic heterocycles. The summed E-state index contributed by atoms with van der Waals surface area (Å²) in [4.78, 5) is 25.2. The molecular weight excluding hydrogens is 206 g/mol. The zero-order chi connectivity index (χ0) is 12.1. The van der Waals surface area contributed by atoms with Crippen molar-refractivity contribution in [3.05, 3.63) is 0 Å². The zero-order valence-corrected chi connectivity index (χ0v) is 10.2. The van der Waals surface area contributed by atoms with Crippen molar-refractivity contribution in [2.24, 2.45) is 0 Å². The summed E-state index contributed by atoms with van der Waals surface area (Å²) in [5.74, 6) is -0.0337. The summed E-state index contributed by atoms with van der Waals surface area (Å²) in [7, 11) is 0. The molecule has 0 bridgehead atoms. The lowest BCUT2D eigenvalue weighted by Gasteiger charge is -2.23. The Morgan fingerprint density at radius 2 is 2.19 bits per heavy atom. The van der Waals surface area contributed by atoms with Crippen LogP contribution in [-0.2, 0) is 9.59 Å². The highest BCUT2D eigenvalue weighted by atomic mass is 16.2. The number of carbonyl (C=O) groups excluding carboxylic acids is 2. The Morgan fingerprint density at radius 1 is 1.50 bits per heavy atom. The Labute approximate surface area is 96.6 Å². The first-order valence-corrected chi connectivity index (χ1v) is 5.93. The molecular formula is C11H21N3O2. The van der Waals surface area contributed by atoms with Crippen LogP contribution in [-0.4, -0.2) is 48.4 Å². The van der Waals surface area contributed by atoms with E-state index in [9.17, 15) is 9.59 Å². The Bertz CT molecular complexity index is 268. The van der Waals surface area contributed by atoms with Gasteiger partial charge in [-0.15, -0.1) is 0 Å². The Kier molecular flexibility index (Phi) is 4.73. The Morgan fingerprint density at radius 3 is 2.75 bits per heavy atom. The van der Waals surface area contributed by atoms with Gasteiger partial charge in [-0.25, -0.2) is 0 Å². The first-order chi connectivity index (χ1) is 7.61. The summed E-state index contributed by atoms with van der Waals surface area (Å²) in [6.07, 6.45) is 0.788. The summed E-state index contributed by atoms with van der Waals surface area (Å²) >= 11 is 0. The number of nitrogens with zero attached hydrogens (tertiary/aromatic N) is 1. The van der Waals surface area contributed by atoms with Gasteiger partial charge in [0, 0.05) is 13.1 Å². The van der Waals surface area contributed by atoms with Gasteiger partial charge in [0.05, 0.1) is 6.04 Å². The second-order valence-electron chi connectivity index (χ2n) is 4.00. The molecule has 2 atom stereocenters. The van der Waals surface area contributed by atoms with E-state index in [1.807, 2.05) is 13.8 Å². The van der Waals surface area contributed by atoms with E-state index in [1.54, 1.807) is 11.8 Å². The number of hydrogen-bond acceptors (Lipinski definition) is 3. The molecule has 1 saturated heterocycles. The van der Waals surface area contributed by atoms with E-state index in [2.05, 4.69) is 10.6 Å². The highest BCUT2D eigenvalue weighted by Crippen LogP contribution is 2.14. The van der Waals surface area contributed by atoms with E-state index in [0.717, 1.165) is 13.0 Å². The topological polar surface area (TPSA) is 61.4 Å². The predicted molar refractivity (Wildman–Crippen MR) is 61.9 cm³/mol. The minimum Gasteiger partial charge on any atom is -0.355 e. The molecule has 2 unspecified atom stereocenters. The third-order valence-corrected chi connectivity index (χ3v) is 2.89. The standard InChI is InChI=1S/C11H21N3O2/c1-4-12-9-6-7-14(11(9)16)8(3)10(15)13-5-2/h8-9,12H,4-7H2,1-3H3,(H,13,15). The first-order valence-electron chi connectivity index (χ1n) is 5.93. The van der Waals surface area contributed by atoms with Crippen molar-refractivity contribution in [3.8, 4) is 0 Å². The minimum atomic E-state index is -0.365. The molecule has 0 saturated carbocycles. The lowest BCUT2D eigenvalue weighted by atomic mass is 10.2. The van der Waals surface area contributed by atoms with Crippen LogP contribution in [0.1, 0.15) is 27.2 Å². The van der Waals surface area contributed by atoms with E-state index < -0.39 is 0 Å². The van der Waals surface area contributed by atoms with Crippen molar-refractivity contribution < 1.29 is 9.59 Å². The molecule has 0 aromatic heterocycles. The van der Waals surface area contributed by atoms with Gasteiger partial charge in [-0.05, 0) is 26.8 Å². The van der Waals surface area contributed by atoms with Gasteiger partial charge in [0.15, 0.2) is 0 Å². The third-order valence-electron chi connectivity index (χ3n) is 2.89. The predicted octanol–water partition coefficient (Wildman–Crippen LogP) is -0.279. The number of likely N-dealkylation sites (tertiary alicyclic amines) is 1. The molecule has 2 amide bonds. The van der Waals surface area contributed by atoms with Gasteiger partial charge < -0.3 is 15.5 Å². The van der Waals surface area contributed by atoms with Crippen LogP contribution in [0.5, 0.6) is 0 Å².